The summed E-state index contributed by atoms with van der Waals surface area (Å²) >= 11 is 0. The van der Waals surface area contributed by atoms with Crippen LogP contribution in [0.15, 0.2) is 42.6 Å². The summed E-state index contributed by atoms with van der Waals surface area (Å²) in [4.78, 5) is 0. The van der Waals surface area contributed by atoms with Crippen LogP contribution in [-0.2, 0) is 0 Å². The van der Waals surface area contributed by atoms with Crippen LogP contribution in [0.1, 0.15) is 45.1 Å². The Morgan fingerprint density at radius 1 is 1.18 bits per heavy atom. The summed E-state index contributed by atoms with van der Waals surface area (Å²) in [5, 5.41) is 6.70. The van der Waals surface area contributed by atoms with Gasteiger partial charge in [0, 0.05) is 18.8 Å². The highest BCUT2D eigenvalue weighted by atomic mass is 19.1. The van der Waals surface area contributed by atoms with Gasteiger partial charge >= 0.3 is 0 Å². The molecule has 0 spiro atoms. The maximum Gasteiger partial charge on any atom is 0.123 e. The van der Waals surface area contributed by atoms with Crippen LogP contribution in [-0.4, -0.2) is 19.6 Å². The molecule has 3 heteroatoms. The van der Waals surface area contributed by atoms with E-state index in [2.05, 4.69) is 31.1 Å². The number of benzene rings is 1. The SMILES string of the molecule is C=C(/C=C(\CC)c1cccc(F)c1)NCCNCCCCC. The smallest absolute Gasteiger partial charge is 0.123 e. The third kappa shape index (κ3) is 7.41. The van der Waals surface area contributed by atoms with Crippen LogP contribution in [0.2, 0.25) is 0 Å². The summed E-state index contributed by atoms with van der Waals surface area (Å²) in [6, 6.07) is 6.71. The van der Waals surface area contributed by atoms with Crippen molar-refractivity contribution >= 4 is 5.57 Å². The molecule has 0 bridgehead atoms. The fourth-order valence-corrected chi connectivity index (χ4v) is 2.28. The molecule has 1 aromatic carbocycles. The lowest BCUT2D eigenvalue weighted by Gasteiger charge is -2.10. The predicted octanol–water partition coefficient (Wildman–Crippen LogP) is 4.50. The van der Waals surface area contributed by atoms with E-state index in [1.165, 1.54) is 25.3 Å². The third-order valence-corrected chi connectivity index (χ3v) is 3.54. The van der Waals surface area contributed by atoms with E-state index < -0.39 is 0 Å². The van der Waals surface area contributed by atoms with Gasteiger partial charge in [-0.2, -0.15) is 0 Å². The topological polar surface area (TPSA) is 24.1 Å². The second-order valence-electron chi connectivity index (χ2n) is 5.44. The Bertz CT molecular complexity index is 480. The van der Waals surface area contributed by atoms with Crippen molar-refractivity contribution in [2.75, 3.05) is 19.6 Å². The molecule has 122 valence electrons. The van der Waals surface area contributed by atoms with Gasteiger partial charge in [-0.3, -0.25) is 0 Å². The molecule has 0 aromatic heterocycles. The van der Waals surface area contributed by atoms with Gasteiger partial charge in [-0.1, -0.05) is 45.4 Å². The fraction of sp³-hybridized carbons (Fsp3) is 0.474. The van der Waals surface area contributed by atoms with Crippen molar-refractivity contribution < 1.29 is 4.39 Å². The lowest BCUT2D eigenvalue weighted by Crippen LogP contribution is -2.27. The van der Waals surface area contributed by atoms with Crippen LogP contribution < -0.4 is 10.6 Å². The van der Waals surface area contributed by atoms with Crippen molar-refractivity contribution in [1.82, 2.24) is 10.6 Å². The normalized spacial score (nSPS) is 11.5. The van der Waals surface area contributed by atoms with Crippen LogP contribution in [0.3, 0.4) is 0 Å². The quantitative estimate of drug-likeness (QED) is 0.464. The standard InChI is InChI=1S/C19H29FN2/c1-4-6-7-11-21-12-13-22-16(3)14-17(5-2)18-9-8-10-19(20)15-18/h8-10,14-15,21-22H,3-7,11-13H2,1-2H3/b17-14+. The summed E-state index contributed by atoms with van der Waals surface area (Å²) in [5.74, 6) is -0.202. The Morgan fingerprint density at radius 3 is 2.68 bits per heavy atom. The average Bonchev–Trinajstić information content (AvgIpc) is 2.51. The van der Waals surface area contributed by atoms with E-state index in [0.29, 0.717) is 0 Å². The molecule has 0 aliphatic rings. The van der Waals surface area contributed by atoms with Gasteiger partial charge in [0.15, 0.2) is 0 Å². The number of hydrogen-bond acceptors (Lipinski definition) is 2. The zero-order chi connectivity index (χ0) is 16.2. The molecule has 0 radical (unpaired) electrons. The van der Waals surface area contributed by atoms with Crippen LogP contribution >= 0.6 is 0 Å². The highest BCUT2D eigenvalue weighted by Gasteiger charge is 2.01. The van der Waals surface area contributed by atoms with Crippen molar-refractivity contribution in [3.8, 4) is 0 Å². The van der Waals surface area contributed by atoms with Gasteiger partial charge in [0.05, 0.1) is 0 Å². The van der Waals surface area contributed by atoms with E-state index in [-0.39, 0.29) is 5.82 Å². The Morgan fingerprint density at radius 2 is 2.00 bits per heavy atom. The van der Waals surface area contributed by atoms with Crippen LogP contribution in [0.25, 0.3) is 5.57 Å². The summed E-state index contributed by atoms with van der Waals surface area (Å²) < 4.78 is 13.3. The van der Waals surface area contributed by atoms with Gasteiger partial charge in [0.1, 0.15) is 5.82 Å². The minimum absolute atomic E-state index is 0.202. The number of allylic oxidation sites excluding steroid dienone is 2. The molecule has 1 aromatic rings. The second-order valence-corrected chi connectivity index (χ2v) is 5.44. The molecular formula is C19H29FN2. The molecule has 2 N–H and O–H groups in total. The largest absolute Gasteiger partial charge is 0.384 e. The molecule has 0 amide bonds. The maximum absolute atomic E-state index is 13.3. The Kier molecular flexibility index (Phi) is 9.24. The van der Waals surface area contributed by atoms with Crippen molar-refractivity contribution in [3.05, 3.63) is 54.0 Å². The third-order valence-electron chi connectivity index (χ3n) is 3.54. The highest BCUT2D eigenvalue weighted by Crippen LogP contribution is 2.19. The molecule has 0 aliphatic heterocycles. The number of hydrogen-bond donors (Lipinski definition) is 2. The maximum atomic E-state index is 13.3. The Balaban J connectivity index is 2.37. The average molecular weight is 304 g/mol. The van der Waals surface area contributed by atoms with Gasteiger partial charge in [0.2, 0.25) is 0 Å². The van der Waals surface area contributed by atoms with Crippen molar-refractivity contribution in [1.29, 1.82) is 0 Å². The molecule has 0 atom stereocenters. The predicted molar refractivity (Wildman–Crippen MR) is 94.2 cm³/mol. The van der Waals surface area contributed by atoms with Crippen LogP contribution in [0, 0.1) is 5.82 Å². The minimum atomic E-state index is -0.202. The number of unbranched alkanes of at least 4 members (excludes halogenated alkanes) is 2. The first-order valence-corrected chi connectivity index (χ1v) is 8.27. The Hall–Kier alpha value is -1.61. The lowest BCUT2D eigenvalue weighted by molar-refractivity contribution is 0.604. The van der Waals surface area contributed by atoms with Gasteiger partial charge in [-0.15, -0.1) is 0 Å². The van der Waals surface area contributed by atoms with Gasteiger partial charge in [-0.05, 0) is 48.7 Å². The van der Waals surface area contributed by atoms with E-state index in [9.17, 15) is 4.39 Å². The van der Waals surface area contributed by atoms with E-state index in [1.807, 2.05) is 12.1 Å². The summed E-state index contributed by atoms with van der Waals surface area (Å²) in [5.41, 5.74) is 2.88. The monoisotopic (exact) mass is 304 g/mol. The van der Waals surface area contributed by atoms with Gasteiger partial charge in [0.25, 0.3) is 0 Å². The molecule has 0 unspecified atom stereocenters. The van der Waals surface area contributed by atoms with Crippen molar-refractivity contribution in [2.45, 2.75) is 39.5 Å². The van der Waals surface area contributed by atoms with Crippen molar-refractivity contribution in [3.63, 3.8) is 0 Å². The first-order valence-electron chi connectivity index (χ1n) is 8.27. The van der Waals surface area contributed by atoms with Crippen LogP contribution in [0.5, 0.6) is 0 Å². The van der Waals surface area contributed by atoms with Crippen molar-refractivity contribution in [2.24, 2.45) is 0 Å². The first-order chi connectivity index (χ1) is 10.7. The van der Waals surface area contributed by atoms with Crippen LogP contribution in [0.4, 0.5) is 4.39 Å². The fourth-order valence-electron chi connectivity index (χ4n) is 2.28. The molecule has 0 fully saturated rings. The first kappa shape index (κ1) is 18.4. The number of nitrogens with one attached hydrogen (secondary N) is 2. The minimum Gasteiger partial charge on any atom is -0.384 e. The lowest BCUT2D eigenvalue weighted by atomic mass is 10.0. The van der Waals surface area contributed by atoms with E-state index in [4.69, 9.17) is 0 Å². The van der Waals surface area contributed by atoms with E-state index in [0.717, 1.165) is 42.9 Å². The van der Waals surface area contributed by atoms with Gasteiger partial charge < -0.3 is 10.6 Å². The molecular weight excluding hydrogens is 275 g/mol. The number of halogens is 1. The molecule has 0 heterocycles. The second kappa shape index (κ2) is 11.0. The summed E-state index contributed by atoms with van der Waals surface area (Å²) in [7, 11) is 0. The molecule has 22 heavy (non-hydrogen) atoms. The zero-order valence-electron chi connectivity index (χ0n) is 13.9. The summed E-state index contributed by atoms with van der Waals surface area (Å²) in [6.07, 6.45) is 6.62. The van der Waals surface area contributed by atoms with Gasteiger partial charge in [-0.25, -0.2) is 4.39 Å². The zero-order valence-corrected chi connectivity index (χ0v) is 13.9. The molecule has 1 rings (SSSR count). The molecule has 0 aliphatic carbocycles. The number of rotatable bonds is 11. The van der Waals surface area contributed by atoms with E-state index >= 15 is 0 Å². The highest BCUT2D eigenvalue weighted by molar-refractivity contribution is 5.67. The molecule has 0 saturated heterocycles. The summed E-state index contributed by atoms with van der Waals surface area (Å²) in [6.45, 7) is 11.2. The molecule has 0 saturated carbocycles. The Labute approximate surface area is 134 Å². The van der Waals surface area contributed by atoms with E-state index in [1.54, 1.807) is 12.1 Å². The molecule has 2 nitrogen and oxygen atoms in total.